The lowest BCUT2D eigenvalue weighted by molar-refractivity contribution is 0.580. The normalized spacial score (nSPS) is 12.0. The van der Waals surface area contributed by atoms with Crippen molar-refractivity contribution in [2.24, 2.45) is 7.05 Å². The molecule has 0 amide bonds. The van der Waals surface area contributed by atoms with Gasteiger partial charge < -0.3 is 4.57 Å². The molecule has 3 aromatic rings. The highest BCUT2D eigenvalue weighted by Gasteiger charge is 2.17. The first-order valence-electron chi connectivity index (χ1n) is 7.77. The summed E-state index contributed by atoms with van der Waals surface area (Å²) in [5, 5.41) is 0. The second kappa shape index (κ2) is 6.03. The van der Waals surface area contributed by atoms with Crippen LogP contribution in [0, 0.1) is 20.8 Å². The zero-order valence-electron chi connectivity index (χ0n) is 14.3. The van der Waals surface area contributed by atoms with Crippen molar-refractivity contribution in [2.75, 3.05) is 0 Å². The third kappa shape index (κ3) is 3.07. The van der Waals surface area contributed by atoms with E-state index in [9.17, 15) is 8.42 Å². The van der Waals surface area contributed by atoms with Crippen LogP contribution in [0.4, 0.5) is 0 Å². The fourth-order valence-electron chi connectivity index (χ4n) is 2.73. The van der Waals surface area contributed by atoms with Gasteiger partial charge in [-0.15, -0.1) is 0 Å². The molecule has 0 fully saturated rings. The predicted molar refractivity (Wildman–Crippen MR) is 95.4 cm³/mol. The quantitative estimate of drug-likeness (QED) is 0.792. The summed E-state index contributed by atoms with van der Waals surface area (Å²) in [5.41, 5.74) is 4.46. The van der Waals surface area contributed by atoms with Crippen molar-refractivity contribution in [3.63, 3.8) is 0 Å². The van der Waals surface area contributed by atoms with Crippen molar-refractivity contribution in [1.29, 1.82) is 0 Å². The van der Waals surface area contributed by atoms with E-state index in [1.165, 1.54) is 0 Å². The van der Waals surface area contributed by atoms with Crippen LogP contribution in [0.1, 0.15) is 22.5 Å². The largest absolute Gasteiger partial charge is 0.331 e. The Morgan fingerprint density at radius 2 is 1.83 bits per heavy atom. The van der Waals surface area contributed by atoms with Crippen LogP contribution in [0.15, 0.2) is 41.3 Å². The molecule has 6 heteroatoms. The number of rotatable bonds is 4. The smallest absolute Gasteiger partial charge is 0.241 e. The van der Waals surface area contributed by atoms with Crippen LogP contribution >= 0.6 is 0 Å². The first kappa shape index (κ1) is 16.7. The van der Waals surface area contributed by atoms with E-state index in [0.29, 0.717) is 4.90 Å². The molecule has 0 aliphatic rings. The molecule has 1 aromatic heterocycles. The number of aryl methyl sites for hydroxylation is 4. The predicted octanol–water partition coefficient (Wildman–Crippen LogP) is 2.98. The Kier molecular flexibility index (Phi) is 4.19. The fourth-order valence-corrected chi connectivity index (χ4v) is 4.07. The molecule has 0 radical (unpaired) electrons. The Labute approximate surface area is 142 Å². The molecule has 0 atom stereocenters. The number of fused-ring (bicyclic) bond motifs is 1. The topological polar surface area (TPSA) is 64.0 Å². The van der Waals surface area contributed by atoms with Crippen LogP contribution in [0.25, 0.3) is 11.0 Å². The van der Waals surface area contributed by atoms with Gasteiger partial charge >= 0.3 is 0 Å². The molecule has 5 nitrogen and oxygen atoms in total. The first-order valence-corrected chi connectivity index (χ1v) is 9.25. The zero-order valence-corrected chi connectivity index (χ0v) is 15.1. The van der Waals surface area contributed by atoms with Gasteiger partial charge in [0.15, 0.2) is 0 Å². The number of aromatic nitrogens is 2. The van der Waals surface area contributed by atoms with E-state index in [1.807, 2.05) is 55.8 Å². The van der Waals surface area contributed by atoms with Crippen molar-refractivity contribution in [2.45, 2.75) is 32.2 Å². The Hall–Kier alpha value is -2.18. The molecule has 0 spiro atoms. The van der Waals surface area contributed by atoms with Crippen molar-refractivity contribution >= 4 is 21.1 Å². The summed E-state index contributed by atoms with van der Waals surface area (Å²) in [6, 6.07) is 11.3. The molecule has 0 saturated carbocycles. The highest BCUT2D eigenvalue weighted by Crippen LogP contribution is 2.19. The van der Waals surface area contributed by atoms with E-state index in [4.69, 9.17) is 0 Å². The van der Waals surface area contributed by atoms with Crippen LogP contribution in [0.5, 0.6) is 0 Å². The second-order valence-corrected chi connectivity index (χ2v) is 7.87. The maximum Gasteiger partial charge on any atom is 0.241 e. The minimum atomic E-state index is -3.54. The second-order valence-electron chi connectivity index (χ2n) is 6.13. The molecule has 0 unspecified atom stereocenters. The van der Waals surface area contributed by atoms with Gasteiger partial charge in [-0.05, 0) is 55.7 Å². The number of nitrogens with one attached hydrogen (secondary N) is 1. The van der Waals surface area contributed by atoms with Gasteiger partial charge in [0, 0.05) is 13.6 Å². The summed E-state index contributed by atoms with van der Waals surface area (Å²) >= 11 is 0. The van der Waals surface area contributed by atoms with E-state index < -0.39 is 10.0 Å². The number of benzene rings is 2. The molecule has 126 valence electrons. The number of sulfonamides is 1. The molecular formula is C18H21N3O2S. The van der Waals surface area contributed by atoms with Gasteiger partial charge in [-0.25, -0.2) is 18.1 Å². The van der Waals surface area contributed by atoms with Crippen molar-refractivity contribution < 1.29 is 8.42 Å². The maximum atomic E-state index is 12.6. The lowest BCUT2D eigenvalue weighted by Gasteiger charge is -2.10. The number of hydrogen-bond donors (Lipinski definition) is 1. The van der Waals surface area contributed by atoms with Gasteiger partial charge in [-0.1, -0.05) is 18.2 Å². The average Bonchev–Trinajstić information content (AvgIpc) is 2.82. The van der Waals surface area contributed by atoms with Gasteiger partial charge in [0.05, 0.1) is 15.9 Å². The SMILES string of the molecule is Cc1ccc(C)c(S(=O)(=O)NCc2ccc3c(c2)nc(C)n3C)c1. The van der Waals surface area contributed by atoms with E-state index in [2.05, 4.69) is 9.71 Å². The molecule has 0 aliphatic heterocycles. The molecule has 0 aliphatic carbocycles. The minimum absolute atomic E-state index is 0.237. The third-order valence-corrected chi connectivity index (χ3v) is 5.81. The molecule has 3 rings (SSSR count). The summed E-state index contributed by atoms with van der Waals surface area (Å²) in [7, 11) is -1.58. The molecule has 1 N–H and O–H groups in total. The van der Waals surface area contributed by atoms with Crippen molar-refractivity contribution in [3.05, 3.63) is 58.9 Å². The molecule has 0 bridgehead atoms. The molecule has 2 aromatic carbocycles. The molecule has 1 heterocycles. The Balaban J connectivity index is 1.85. The number of hydrogen-bond acceptors (Lipinski definition) is 3. The summed E-state index contributed by atoms with van der Waals surface area (Å²) in [4.78, 5) is 4.82. The lowest BCUT2D eigenvalue weighted by Crippen LogP contribution is -2.24. The summed E-state index contributed by atoms with van der Waals surface area (Å²) in [5.74, 6) is 0.929. The van der Waals surface area contributed by atoms with Gasteiger partial charge in [0.1, 0.15) is 5.82 Å². The van der Waals surface area contributed by atoms with E-state index in [-0.39, 0.29) is 6.54 Å². The van der Waals surface area contributed by atoms with Gasteiger partial charge in [-0.2, -0.15) is 0 Å². The van der Waals surface area contributed by atoms with Crippen LogP contribution in [0.2, 0.25) is 0 Å². The van der Waals surface area contributed by atoms with Gasteiger partial charge in [0.25, 0.3) is 0 Å². The number of nitrogens with zero attached hydrogens (tertiary/aromatic N) is 2. The Morgan fingerprint density at radius 1 is 1.08 bits per heavy atom. The van der Waals surface area contributed by atoms with E-state index in [0.717, 1.165) is 33.5 Å². The standard InChI is InChI=1S/C18H21N3O2S/c1-12-5-6-13(2)18(9-12)24(22,23)19-11-15-7-8-17-16(10-15)20-14(3)21(17)4/h5-10,19H,11H2,1-4H3. The van der Waals surface area contributed by atoms with E-state index in [1.54, 1.807) is 13.0 Å². The summed E-state index contributed by atoms with van der Waals surface area (Å²) < 4.78 is 29.8. The van der Waals surface area contributed by atoms with Crippen molar-refractivity contribution in [1.82, 2.24) is 14.3 Å². The van der Waals surface area contributed by atoms with Crippen molar-refractivity contribution in [3.8, 4) is 0 Å². The highest BCUT2D eigenvalue weighted by atomic mass is 32.2. The van der Waals surface area contributed by atoms with E-state index >= 15 is 0 Å². The lowest BCUT2D eigenvalue weighted by atomic mass is 10.2. The van der Waals surface area contributed by atoms with Crippen LogP contribution < -0.4 is 4.72 Å². The monoisotopic (exact) mass is 343 g/mol. The van der Waals surface area contributed by atoms with Gasteiger partial charge in [0.2, 0.25) is 10.0 Å². The average molecular weight is 343 g/mol. The van der Waals surface area contributed by atoms with Crippen LogP contribution in [-0.4, -0.2) is 18.0 Å². The fraction of sp³-hybridized carbons (Fsp3) is 0.278. The Bertz CT molecular complexity index is 1020. The highest BCUT2D eigenvalue weighted by molar-refractivity contribution is 7.89. The third-order valence-electron chi connectivity index (χ3n) is 4.27. The van der Waals surface area contributed by atoms with Gasteiger partial charge in [-0.3, -0.25) is 0 Å². The van der Waals surface area contributed by atoms with Crippen LogP contribution in [-0.2, 0) is 23.6 Å². The molecular weight excluding hydrogens is 322 g/mol. The first-order chi connectivity index (χ1) is 11.3. The Morgan fingerprint density at radius 3 is 2.58 bits per heavy atom. The maximum absolute atomic E-state index is 12.6. The minimum Gasteiger partial charge on any atom is -0.331 e. The summed E-state index contributed by atoms with van der Waals surface area (Å²) in [6.07, 6.45) is 0. The van der Waals surface area contributed by atoms with Crippen LogP contribution in [0.3, 0.4) is 0 Å². The molecule has 0 saturated heterocycles. The molecule has 24 heavy (non-hydrogen) atoms. The zero-order chi connectivity index (χ0) is 17.5. The summed E-state index contributed by atoms with van der Waals surface area (Å²) in [6.45, 7) is 5.87. The number of imidazole rings is 1.